The second-order valence-corrected chi connectivity index (χ2v) is 6.85. The van der Waals surface area contributed by atoms with Crippen LogP contribution in [0.2, 0.25) is 0 Å². The van der Waals surface area contributed by atoms with Crippen LogP contribution in [0.3, 0.4) is 0 Å². The number of pyridine rings is 1. The van der Waals surface area contributed by atoms with Crippen molar-refractivity contribution >= 4 is 5.82 Å². The molecule has 6 nitrogen and oxygen atoms in total. The molecule has 25 heavy (non-hydrogen) atoms. The average Bonchev–Trinajstić information content (AvgIpc) is 3.00. The lowest BCUT2D eigenvalue weighted by Gasteiger charge is -2.37. The van der Waals surface area contributed by atoms with Crippen molar-refractivity contribution in [2.24, 2.45) is 5.92 Å². The fourth-order valence-corrected chi connectivity index (χ4v) is 3.52. The maximum atomic E-state index is 12.6. The van der Waals surface area contributed by atoms with Gasteiger partial charge in [-0.3, -0.25) is 4.90 Å². The molecule has 1 unspecified atom stereocenters. The second-order valence-electron chi connectivity index (χ2n) is 6.85. The van der Waals surface area contributed by atoms with E-state index in [1.165, 1.54) is 6.07 Å². The number of piperidine rings is 1. The Morgan fingerprint density at radius 3 is 2.32 bits per heavy atom. The third kappa shape index (κ3) is 4.22. The Labute approximate surface area is 143 Å². The van der Waals surface area contributed by atoms with Crippen molar-refractivity contribution in [3.63, 3.8) is 0 Å². The maximum absolute atomic E-state index is 12.6. The molecule has 3 rings (SSSR count). The minimum atomic E-state index is -4.39. The van der Waals surface area contributed by atoms with E-state index < -0.39 is 30.1 Å². The van der Waals surface area contributed by atoms with Crippen molar-refractivity contribution in [3.8, 4) is 0 Å². The van der Waals surface area contributed by atoms with Gasteiger partial charge >= 0.3 is 6.18 Å². The highest BCUT2D eigenvalue weighted by molar-refractivity contribution is 5.41. The monoisotopic (exact) mass is 361 g/mol. The average molecular weight is 361 g/mol. The highest BCUT2D eigenvalue weighted by atomic mass is 19.4. The summed E-state index contributed by atoms with van der Waals surface area (Å²) in [5.74, 6) is 0.781. The fourth-order valence-electron chi connectivity index (χ4n) is 3.52. The molecule has 3 heterocycles. The van der Waals surface area contributed by atoms with Crippen molar-refractivity contribution < 1.29 is 28.5 Å². The zero-order chi connectivity index (χ0) is 18.2. The van der Waals surface area contributed by atoms with Crippen molar-refractivity contribution in [2.45, 2.75) is 30.9 Å². The van der Waals surface area contributed by atoms with Crippen LogP contribution in [-0.2, 0) is 6.18 Å². The first-order chi connectivity index (χ1) is 11.7. The summed E-state index contributed by atoms with van der Waals surface area (Å²) in [5, 5.41) is 29.1. The first kappa shape index (κ1) is 18.4. The van der Waals surface area contributed by atoms with Crippen LogP contribution in [0.1, 0.15) is 12.0 Å². The van der Waals surface area contributed by atoms with Crippen LogP contribution in [0, 0.1) is 5.92 Å². The Bertz CT molecular complexity index is 572. The van der Waals surface area contributed by atoms with Gasteiger partial charge in [-0.2, -0.15) is 13.2 Å². The van der Waals surface area contributed by atoms with Crippen molar-refractivity contribution in [1.82, 2.24) is 9.88 Å². The van der Waals surface area contributed by atoms with Crippen LogP contribution in [-0.4, -0.2) is 76.2 Å². The second kappa shape index (κ2) is 7.06. The molecular formula is C16H22F3N3O3. The zero-order valence-electron chi connectivity index (χ0n) is 13.6. The number of aliphatic hydroxyl groups is 3. The third-order valence-electron chi connectivity index (χ3n) is 4.88. The van der Waals surface area contributed by atoms with Gasteiger partial charge in [0, 0.05) is 38.9 Å². The summed E-state index contributed by atoms with van der Waals surface area (Å²) >= 11 is 0. The molecule has 0 amide bonds. The molecule has 3 N–H and O–H groups in total. The molecule has 0 radical (unpaired) electrons. The number of halogens is 3. The minimum absolute atomic E-state index is 0.263. The molecule has 0 saturated carbocycles. The summed E-state index contributed by atoms with van der Waals surface area (Å²) < 4.78 is 37.8. The normalized spacial score (nSPS) is 31.5. The van der Waals surface area contributed by atoms with Crippen molar-refractivity contribution in [2.75, 3.05) is 37.6 Å². The highest BCUT2D eigenvalue weighted by Crippen LogP contribution is 2.30. The highest BCUT2D eigenvalue weighted by Gasteiger charge is 2.35. The molecule has 0 spiro atoms. The predicted molar refractivity (Wildman–Crippen MR) is 84.0 cm³/mol. The summed E-state index contributed by atoms with van der Waals surface area (Å²) in [7, 11) is 0. The summed E-state index contributed by atoms with van der Waals surface area (Å²) in [6, 6.07) is 2.42. The van der Waals surface area contributed by atoms with E-state index in [9.17, 15) is 28.5 Å². The van der Waals surface area contributed by atoms with Crippen LogP contribution in [0.15, 0.2) is 18.3 Å². The van der Waals surface area contributed by atoms with E-state index in [4.69, 9.17) is 0 Å². The van der Waals surface area contributed by atoms with E-state index in [0.29, 0.717) is 38.5 Å². The molecular weight excluding hydrogens is 339 g/mol. The van der Waals surface area contributed by atoms with Crippen LogP contribution in [0.5, 0.6) is 0 Å². The van der Waals surface area contributed by atoms with Gasteiger partial charge in [-0.15, -0.1) is 0 Å². The molecule has 2 saturated heterocycles. The van der Waals surface area contributed by atoms with Crippen LogP contribution in [0.4, 0.5) is 19.0 Å². The van der Waals surface area contributed by atoms with E-state index in [1.54, 1.807) is 0 Å². The van der Waals surface area contributed by atoms with Crippen LogP contribution in [0.25, 0.3) is 0 Å². The number of likely N-dealkylation sites (tertiary alicyclic amines) is 1. The van der Waals surface area contributed by atoms with Crippen LogP contribution >= 0.6 is 0 Å². The van der Waals surface area contributed by atoms with Gasteiger partial charge in [0.1, 0.15) is 11.9 Å². The standard InChI is InChI=1S/C16H22F3N3O3/c17-16(18,19)11-1-2-14(20-5-11)22-4-3-10(7-22)6-21-8-12(23)15(25)13(24)9-21/h1-2,5,10,12-13,15,23-25H,3-4,6-9H2/t10-,12-,13+,15?/m0/s1. The van der Waals surface area contributed by atoms with Gasteiger partial charge < -0.3 is 20.2 Å². The first-order valence-corrected chi connectivity index (χ1v) is 8.29. The number of nitrogens with zero attached hydrogens (tertiary/aromatic N) is 3. The number of β-amino-alcohol motifs (C(OH)–C–C–N with tert-alkyl or cyclic N) is 2. The van der Waals surface area contributed by atoms with E-state index in [1.807, 2.05) is 9.80 Å². The van der Waals surface area contributed by atoms with Gasteiger partial charge in [-0.1, -0.05) is 0 Å². The number of aromatic nitrogens is 1. The smallest absolute Gasteiger partial charge is 0.389 e. The number of aliphatic hydroxyl groups excluding tert-OH is 3. The Morgan fingerprint density at radius 2 is 1.76 bits per heavy atom. The molecule has 140 valence electrons. The Morgan fingerprint density at radius 1 is 1.08 bits per heavy atom. The van der Waals surface area contributed by atoms with E-state index in [-0.39, 0.29) is 5.92 Å². The number of anilines is 1. The Balaban J connectivity index is 1.55. The van der Waals surface area contributed by atoms with Gasteiger partial charge in [0.25, 0.3) is 0 Å². The molecule has 2 aliphatic rings. The summed E-state index contributed by atoms with van der Waals surface area (Å²) in [6.45, 7) is 2.60. The van der Waals surface area contributed by atoms with Crippen LogP contribution < -0.4 is 4.90 Å². The van der Waals surface area contributed by atoms with Crippen molar-refractivity contribution in [1.29, 1.82) is 0 Å². The van der Waals surface area contributed by atoms with Crippen molar-refractivity contribution in [3.05, 3.63) is 23.9 Å². The summed E-state index contributed by atoms with van der Waals surface area (Å²) in [4.78, 5) is 7.78. The minimum Gasteiger partial charge on any atom is -0.389 e. The molecule has 1 aromatic heterocycles. The van der Waals surface area contributed by atoms with Gasteiger partial charge in [0.15, 0.2) is 0 Å². The zero-order valence-corrected chi connectivity index (χ0v) is 13.6. The van der Waals surface area contributed by atoms with E-state index >= 15 is 0 Å². The Hall–Kier alpha value is -1.42. The molecule has 9 heteroatoms. The SMILES string of the molecule is OC1[C@H](O)CN(C[C@@H]2CCN(c3ccc(C(F)(F)F)cn3)C2)C[C@@H]1O. The van der Waals surface area contributed by atoms with Gasteiger partial charge in [0.2, 0.25) is 0 Å². The molecule has 1 aromatic rings. The number of hydrogen-bond donors (Lipinski definition) is 3. The lowest BCUT2D eigenvalue weighted by molar-refractivity contribution is -0.137. The largest absolute Gasteiger partial charge is 0.417 e. The molecule has 0 aromatic carbocycles. The quantitative estimate of drug-likeness (QED) is 0.720. The first-order valence-electron chi connectivity index (χ1n) is 8.29. The molecule has 0 bridgehead atoms. The van der Waals surface area contributed by atoms with E-state index in [0.717, 1.165) is 18.7 Å². The molecule has 2 aliphatic heterocycles. The molecule has 4 atom stereocenters. The van der Waals surface area contributed by atoms with Gasteiger partial charge in [0.05, 0.1) is 17.8 Å². The maximum Gasteiger partial charge on any atom is 0.417 e. The lowest BCUT2D eigenvalue weighted by atomic mass is 10.00. The topological polar surface area (TPSA) is 80.1 Å². The summed E-state index contributed by atoms with van der Waals surface area (Å²) in [5.41, 5.74) is -0.762. The third-order valence-corrected chi connectivity index (χ3v) is 4.88. The number of rotatable bonds is 3. The van der Waals surface area contributed by atoms with Gasteiger partial charge in [-0.05, 0) is 24.5 Å². The Kier molecular flexibility index (Phi) is 5.19. The van der Waals surface area contributed by atoms with E-state index in [2.05, 4.69) is 4.98 Å². The fraction of sp³-hybridized carbons (Fsp3) is 0.688. The molecule has 0 aliphatic carbocycles. The predicted octanol–water partition coefficient (Wildman–Crippen LogP) is 0.325. The number of alkyl halides is 3. The summed E-state index contributed by atoms with van der Waals surface area (Å²) in [6.07, 6.45) is -5.75. The lowest BCUT2D eigenvalue weighted by Crippen LogP contribution is -2.56. The van der Waals surface area contributed by atoms with Gasteiger partial charge in [-0.25, -0.2) is 4.98 Å². The number of hydrogen-bond acceptors (Lipinski definition) is 6. The molecule has 2 fully saturated rings.